The molecule has 0 radical (unpaired) electrons. The van der Waals surface area contributed by atoms with Crippen molar-refractivity contribution in [3.8, 4) is 5.75 Å². The number of hydrogen-bond acceptors (Lipinski definition) is 2. The highest BCUT2D eigenvalue weighted by Gasteiger charge is 2.19. The maximum atomic E-state index is 13.5. The summed E-state index contributed by atoms with van der Waals surface area (Å²) in [5.41, 5.74) is 5.13. The molecule has 0 saturated carbocycles. The lowest BCUT2D eigenvalue weighted by molar-refractivity contribution is 0.372. The standard InChI is InChI=1S/C10H12F3NO.ClH/c1-15-8-3-2-6(12)9(10(8)13)7(14)4-5-11;/h2-3,7H,4-5,14H2,1H3;1H/t7-;/m0./s1. The van der Waals surface area contributed by atoms with Gasteiger partial charge in [-0.15, -0.1) is 12.4 Å². The van der Waals surface area contributed by atoms with Gasteiger partial charge in [0, 0.05) is 11.6 Å². The second-order valence-corrected chi connectivity index (χ2v) is 3.06. The Morgan fingerprint density at radius 3 is 2.50 bits per heavy atom. The minimum atomic E-state index is -0.995. The van der Waals surface area contributed by atoms with Crippen LogP contribution in [0.2, 0.25) is 0 Å². The summed E-state index contributed by atoms with van der Waals surface area (Å²) in [5, 5.41) is 0. The largest absolute Gasteiger partial charge is 0.494 e. The molecule has 0 aliphatic heterocycles. The van der Waals surface area contributed by atoms with E-state index in [9.17, 15) is 13.2 Å². The van der Waals surface area contributed by atoms with E-state index in [0.717, 1.165) is 12.1 Å². The first-order valence-corrected chi connectivity index (χ1v) is 4.45. The molecule has 0 unspecified atom stereocenters. The van der Waals surface area contributed by atoms with Gasteiger partial charge < -0.3 is 10.5 Å². The molecule has 0 aromatic heterocycles. The fourth-order valence-electron chi connectivity index (χ4n) is 1.31. The molecule has 1 aromatic rings. The summed E-state index contributed by atoms with van der Waals surface area (Å²) in [7, 11) is 1.26. The lowest BCUT2D eigenvalue weighted by Crippen LogP contribution is -2.15. The van der Waals surface area contributed by atoms with Crippen LogP contribution in [0.3, 0.4) is 0 Å². The van der Waals surface area contributed by atoms with Gasteiger partial charge in [-0.2, -0.15) is 0 Å². The third-order valence-electron chi connectivity index (χ3n) is 2.10. The first kappa shape index (κ1) is 15.1. The number of hydrogen-bond donors (Lipinski definition) is 1. The molecule has 0 aliphatic carbocycles. The molecule has 1 atom stereocenters. The first-order chi connectivity index (χ1) is 7.11. The molecule has 2 nitrogen and oxygen atoms in total. The molecular weight excluding hydrogens is 243 g/mol. The Morgan fingerprint density at radius 1 is 1.38 bits per heavy atom. The molecule has 6 heteroatoms. The van der Waals surface area contributed by atoms with Crippen LogP contribution in [-0.4, -0.2) is 13.8 Å². The van der Waals surface area contributed by atoms with Gasteiger partial charge in [0.2, 0.25) is 0 Å². The van der Waals surface area contributed by atoms with E-state index in [1.807, 2.05) is 0 Å². The second kappa shape index (κ2) is 6.60. The molecule has 0 spiro atoms. The monoisotopic (exact) mass is 255 g/mol. The van der Waals surface area contributed by atoms with Gasteiger partial charge in [-0.1, -0.05) is 0 Å². The minimum absolute atomic E-state index is 0. The molecule has 0 heterocycles. The van der Waals surface area contributed by atoms with Gasteiger partial charge in [-0.25, -0.2) is 8.78 Å². The zero-order valence-corrected chi connectivity index (χ0v) is 9.49. The van der Waals surface area contributed by atoms with Gasteiger partial charge in [-0.3, -0.25) is 4.39 Å². The number of rotatable bonds is 4. The van der Waals surface area contributed by atoms with Crippen molar-refractivity contribution in [3.63, 3.8) is 0 Å². The van der Waals surface area contributed by atoms with Crippen molar-refractivity contribution in [1.29, 1.82) is 0 Å². The Hall–Kier alpha value is -0.940. The van der Waals surface area contributed by atoms with Crippen molar-refractivity contribution in [2.24, 2.45) is 5.73 Å². The van der Waals surface area contributed by atoms with Crippen LogP contribution in [0.4, 0.5) is 13.2 Å². The zero-order valence-electron chi connectivity index (χ0n) is 8.67. The average molecular weight is 256 g/mol. The van der Waals surface area contributed by atoms with Crippen LogP contribution >= 0.6 is 12.4 Å². The molecule has 16 heavy (non-hydrogen) atoms. The summed E-state index contributed by atoms with van der Waals surface area (Å²) in [4.78, 5) is 0. The maximum Gasteiger partial charge on any atom is 0.172 e. The fourth-order valence-corrected chi connectivity index (χ4v) is 1.31. The Labute approximate surface area is 98.0 Å². The van der Waals surface area contributed by atoms with E-state index in [4.69, 9.17) is 5.73 Å². The van der Waals surface area contributed by atoms with Gasteiger partial charge in [-0.05, 0) is 18.6 Å². The van der Waals surface area contributed by atoms with E-state index in [0.29, 0.717) is 0 Å². The summed E-state index contributed by atoms with van der Waals surface area (Å²) < 4.78 is 43.5. The first-order valence-electron chi connectivity index (χ1n) is 4.45. The van der Waals surface area contributed by atoms with Gasteiger partial charge in [0.15, 0.2) is 11.6 Å². The molecule has 92 valence electrons. The van der Waals surface area contributed by atoms with E-state index < -0.39 is 24.4 Å². The van der Waals surface area contributed by atoms with E-state index in [1.54, 1.807) is 0 Å². The summed E-state index contributed by atoms with van der Waals surface area (Å²) in [5.74, 6) is -1.74. The normalized spacial score (nSPS) is 11.8. The predicted molar refractivity (Wildman–Crippen MR) is 57.7 cm³/mol. The third-order valence-corrected chi connectivity index (χ3v) is 2.10. The lowest BCUT2D eigenvalue weighted by Gasteiger charge is -2.14. The molecular formula is C10H13ClF3NO. The highest BCUT2D eigenvalue weighted by Crippen LogP contribution is 2.28. The van der Waals surface area contributed by atoms with Crippen LogP contribution in [-0.2, 0) is 0 Å². The van der Waals surface area contributed by atoms with Crippen LogP contribution < -0.4 is 10.5 Å². The van der Waals surface area contributed by atoms with E-state index in [2.05, 4.69) is 4.74 Å². The topological polar surface area (TPSA) is 35.2 Å². The number of benzene rings is 1. The van der Waals surface area contributed by atoms with Gasteiger partial charge >= 0.3 is 0 Å². The summed E-state index contributed by atoms with van der Waals surface area (Å²) in [6.45, 7) is -0.725. The number of halogens is 4. The molecule has 2 N–H and O–H groups in total. The number of ether oxygens (including phenoxy) is 1. The van der Waals surface area contributed by atoms with E-state index >= 15 is 0 Å². The highest BCUT2D eigenvalue weighted by atomic mass is 35.5. The van der Waals surface area contributed by atoms with Gasteiger partial charge in [0.05, 0.1) is 13.8 Å². The zero-order chi connectivity index (χ0) is 11.4. The van der Waals surface area contributed by atoms with Gasteiger partial charge in [0.25, 0.3) is 0 Å². The van der Waals surface area contributed by atoms with Crippen molar-refractivity contribution in [3.05, 3.63) is 29.3 Å². The Balaban J connectivity index is 0.00000225. The highest BCUT2D eigenvalue weighted by molar-refractivity contribution is 5.85. The van der Waals surface area contributed by atoms with E-state index in [-0.39, 0.29) is 30.1 Å². The van der Waals surface area contributed by atoms with E-state index in [1.165, 1.54) is 7.11 Å². The quantitative estimate of drug-likeness (QED) is 0.898. The fraction of sp³-hybridized carbons (Fsp3) is 0.400. The van der Waals surface area contributed by atoms with Crippen LogP contribution in [0.15, 0.2) is 12.1 Å². The SMILES string of the molecule is COc1ccc(F)c([C@@H](N)CCF)c1F.Cl. The number of alkyl halides is 1. The van der Waals surface area contributed by atoms with Crippen LogP contribution in [0.25, 0.3) is 0 Å². The van der Waals surface area contributed by atoms with Crippen molar-refractivity contribution >= 4 is 12.4 Å². The predicted octanol–water partition coefficient (Wildman–Crippen LogP) is 2.75. The van der Waals surface area contributed by atoms with Crippen LogP contribution in [0, 0.1) is 11.6 Å². The second-order valence-electron chi connectivity index (χ2n) is 3.06. The molecule has 0 amide bonds. The molecule has 1 aromatic carbocycles. The van der Waals surface area contributed by atoms with Crippen molar-refractivity contribution in [2.75, 3.05) is 13.8 Å². The van der Waals surface area contributed by atoms with Crippen molar-refractivity contribution < 1.29 is 17.9 Å². The Kier molecular flexibility index (Phi) is 6.21. The van der Waals surface area contributed by atoms with Gasteiger partial charge in [0.1, 0.15) is 5.82 Å². The van der Waals surface area contributed by atoms with Crippen molar-refractivity contribution in [2.45, 2.75) is 12.5 Å². The van der Waals surface area contributed by atoms with Crippen LogP contribution in [0.1, 0.15) is 18.0 Å². The Bertz CT molecular complexity index is 349. The van der Waals surface area contributed by atoms with Crippen molar-refractivity contribution in [1.82, 2.24) is 0 Å². The average Bonchev–Trinajstić information content (AvgIpc) is 2.18. The third kappa shape index (κ3) is 3.02. The summed E-state index contributed by atoms with van der Waals surface area (Å²) in [6, 6.07) is 1.22. The summed E-state index contributed by atoms with van der Waals surface area (Å²) in [6.07, 6.45) is -0.124. The molecule has 0 bridgehead atoms. The van der Waals surface area contributed by atoms with Crippen LogP contribution in [0.5, 0.6) is 5.75 Å². The Morgan fingerprint density at radius 2 is 2.00 bits per heavy atom. The number of nitrogens with two attached hydrogens (primary N) is 1. The lowest BCUT2D eigenvalue weighted by atomic mass is 10.0. The smallest absolute Gasteiger partial charge is 0.172 e. The summed E-state index contributed by atoms with van der Waals surface area (Å²) >= 11 is 0. The molecule has 0 aliphatic rings. The minimum Gasteiger partial charge on any atom is -0.494 e. The number of methoxy groups -OCH3 is 1. The molecule has 0 saturated heterocycles. The maximum absolute atomic E-state index is 13.5. The molecule has 0 fully saturated rings. The molecule has 1 rings (SSSR count).